The van der Waals surface area contributed by atoms with Gasteiger partial charge in [0.05, 0.1) is 22.8 Å². The summed E-state index contributed by atoms with van der Waals surface area (Å²) < 4.78 is 0. The van der Waals surface area contributed by atoms with Crippen molar-refractivity contribution >= 4 is 28.4 Å². The number of amides is 1. The second-order valence-corrected chi connectivity index (χ2v) is 7.17. The molecule has 0 aliphatic heterocycles. The molecule has 4 aromatic rings. The molecule has 0 saturated heterocycles. The molecule has 8 nitrogen and oxygen atoms in total. The maximum atomic E-state index is 13.1. The number of nitrogens with one attached hydrogen (secondary N) is 2. The number of hydrogen-bond donors (Lipinski definition) is 3. The highest BCUT2D eigenvalue weighted by molar-refractivity contribution is 6.12. The number of nitrogens with two attached hydrogens (primary N) is 1. The maximum absolute atomic E-state index is 13.1. The molecule has 0 aliphatic rings. The van der Waals surface area contributed by atoms with Crippen LogP contribution in [-0.2, 0) is 0 Å². The number of nitrogen functional groups attached to an aromatic ring is 1. The third-order valence-corrected chi connectivity index (χ3v) is 5.19. The zero-order valence-electron chi connectivity index (χ0n) is 17.6. The fourth-order valence-corrected chi connectivity index (χ4v) is 3.69. The van der Waals surface area contributed by atoms with Crippen LogP contribution in [0.1, 0.15) is 34.6 Å². The topological polar surface area (TPSA) is 130 Å². The molecule has 1 atom stereocenters. The standard InChI is InChI=1S/C24H21N7O/c1-14(30-23-17(12-25)22(26)28-13-29-23)21-19(15-8-4-3-5-9-15)20(24(32)27-2)16-10-6-7-11-18(16)31-21/h3-11,13-14H,1-2H3,(H,27,32)(H3,26,28,29,30)/t14-/m0/s1. The Bertz CT molecular complexity index is 1350. The van der Waals surface area contributed by atoms with Crippen LogP contribution in [0.3, 0.4) is 0 Å². The number of rotatable bonds is 5. The van der Waals surface area contributed by atoms with E-state index in [4.69, 9.17) is 10.7 Å². The van der Waals surface area contributed by atoms with E-state index in [1.165, 1.54) is 6.33 Å². The first-order chi connectivity index (χ1) is 15.5. The van der Waals surface area contributed by atoms with Gasteiger partial charge in [0, 0.05) is 18.0 Å². The minimum Gasteiger partial charge on any atom is -0.382 e. The number of carbonyl (C=O) groups excluding carboxylic acids is 1. The van der Waals surface area contributed by atoms with Crippen molar-refractivity contribution in [2.24, 2.45) is 0 Å². The highest BCUT2D eigenvalue weighted by atomic mass is 16.1. The van der Waals surface area contributed by atoms with E-state index in [-0.39, 0.29) is 17.3 Å². The van der Waals surface area contributed by atoms with Crippen molar-refractivity contribution in [1.82, 2.24) is 20.3 Å². The maximum Gasteiger partial charge on any atom is 0.252 e. The van der Waals surface area contributed by atoms with Crippen LogP contribution in [0.5, 0.6) is 0 Å². The Morgan fingerprint density at radius 2 is 1.81 bits per heavy atom. The van der Waals surface area contributed by atoms with Gasteiger partial charge in [-0.25, -0.2) is 15.0 Å². The summed E-state index contributed by atoms with van der Waals surface area (Å²) in [5.41, 5.74) is 9.45. The Morgan fingerprint density at radius 1 is 1.09 bits per heavy atom. The van der Waals surface area contributed by atoms with Gasteiger partial charge in [-0.3, -0.25) is 4.79 Å². The van der Waals surface area contributed by atoms with Gasteiger partial charge in [0.15, 0.2) is 0 Å². The number of aromatic nitrogens is 3. The summed E-state index contributed by atoms with van der Waals surface area (Å²) in [6, 6.07) is 18.8. The Balaban J connectivity index is 1.97. The lowest BCUT2D eigenvalue weighted by Crippen LogP contribution is -2.22. The first-order valence-corrected chi connectivity index (χ1v) is 10.0. The molecular formula is C24H21N7O. The van der Waals surface area contributed by atoms with Crippen LogP contribution >= 0.6 is 0 Å². The molecule has 4 N–H and O–H groups in total. The van der Waals surface area contributed by atoms with E-state index in [9.17, 15) is 10.1 Å². The molecule has 0 aliphatic carbocycles. The van der Waals surface area contributed by atoms with Crippen molar-refractivity contribution in [2.75, 3.05) is 18.1 Å². The van der Waals surface area contributed by atoms with E-state index in [2.05, 4.69) is 20.6 Å². The zero-order valence-corrected chi connectivity index (χ0v) is 17.6. The molecule has 4 rings (SSSR count). The number of fused-ring (bicyclic) bond motifs is 1. The lowest BCUT2D eigenvalue weighted by Gasteiger charge is -2.22. The lowest BCUT2D eigenvalue weighted by molar-refractivity contribution is 0.0965. The first-order valence-electron chi connectivity index (χ1n) is 10.0. The van der Waals surface area contributed by atoms with E-state index < -0.39 is 6.04 Å². The number of hydrogen-bond acceptors (Lipinski definition) is 7. The lowest BCUT2D eigenvalue weighted by atomic mass is 9.91. The Hall–Kier alpha value is -4.51. The van der Waals surface area contributed by atoms with Crippen LogP contribution in [0.15, 0.2) is 60.9 Å². The summed E-state index contributed by atoms with van der Waals surface area (Å²) >= 11 is 0. The highest BCUT2D eigenvalue weighted by Crippen LogP contribution is 2.36. The van der Waals surface area contributed by atoms with Gasteiger partial charge in [-0.15, -0.1) is 0 Å². The van der Waals surface area contributed by atoms with Crippen molar-refractivity contribution in [2.45, 2.75) is 13.0 Å². The molecular weight excluding hydrogens is 402 g/mol. The molecule has 158 valence electrons. The second-order valence-electron chi connectivity index (χ2n) is 7.17. The van der Waals surface area contributed by atoms with Crippen LogP contribution < -0.4 is 16.4 Å². The minimum atomic E-state index is -0.403. The van der Waals surface area contributed by atoms with E-state index >= 15 is 0 Å². The Kier molecular flexibility index (Phi) is 5.64. The normalized spacial score (nSPS) is 11.5. The molecule has 0 radical (unpaired) electrons. The summed E-state index contributed by atoms with van der Waals surface area (Å²) in [6.45, 7) is 1.90. The molecule has 2 aromatic heterocycles. The summed E-state index contributed by atoms with van der Waals surface area (Å²) in [6.07, 6.45) is 1.30. The molecule has 0 unspecified atom stereocenters. The van der Waals surface area contributed by atoms with Gasteiger partial charge < -0.3 is 16.4 Å². The number of carbonyl (C=O) groups is 1. The SMILES string of the molecule is CNC(=O)c1c(-c2ccccc2)c([C@H](C)Nc2ncnc(N)c2C#N)nc2ccccc12. The van der Waals surface area contributed by atoms with Crippen molar-refractivity contribution in [1.29, 1.82) is 5.26 Å². The second kappa shape index (κ2) is 8.70. The summed E-state index contributed by atoms with van der Waals surface area (Å²) in [5, 5.41) is 16.2. The molecule has 2 heterocycles. The number of anilines is 2. The molecule has 0 spiro atoms. The van der Waals surface area contributed by atoms with Crippen molar-refractivity contribution < 1.29 is 4.79 Å². The van der Waals surface area contributed by atoms with Crippen LogP contribution in [-0.4, -0.2) is 27.9 Å². The van der Waals surface area contributed by atoms with Gasteiger partial charge >= 0.3 is 0 Å². The van der Waals surface area contributed by atoms with Gasteiger partial charge in [0.25, 0.3) is 5.91 Å². The van der Waals surface area contributed by atoms with Crippen LogP contribution in [0.4, 0.5) is 11.6 Å². The third kappa shape index (κ3) is 3.68. The highest BCUT2D eigenvalue weighted by Gasteiger charge is 2.25. The van der Waals surface area contributed by atoms with Gasteiger partial charge in [-0.2, -0.15) is 5.26 Å². The summed E-state index contributed by atoms with van der Waals surface area (Å²) in [5.74, 6) is 0.195. The average Bonchev–Trinajstić information content (AvgIpc) is 2.83. The van der Waals surface area contributed by atoms with E-state index in [1.807, 2.05) is 67.6 Å². The first kappa shape index (κ1) is 20.8. The molecule has 2 aromatic carbocycles. The summed E-state index contributed by atoms with van der Waals surface area (Å²) in [7, 11) is 1.61. The van der Waals surface area contributed by atoms with Gasteiger partial charge in [0.2, 0.25) is 0 Å². The predicted octanol–water partition coefficient (Wildman–Crippen LogP) is 3.68. The smallest absolute Gasteiger partial charge is 0.252 e. The Morgan fingerprint density at radius 3 is 2.53 bits per heavy atom. The number of benzene rings is 2. The number of pyridine rings is 1. The van der Waals surface area contributed by atoms with Crippen molar-refractivity contribution in [3.05, 3.63) is 77.7 Å². The van der Waals surface area contributed by atoms with E-state index in [0.29, 0.717) is 28.2 Å². The van der Waals surface area contributed by atoms with Gasteiger partial charge in [-0.05, 0) is 18.6 Å². The third-order valence-electron chi connectivity index (χ3n) is 5.19. The van der Waals surface area contributed by atoms with Crippen LogP contribution in [0.25, 0.3) is 22.0 Å². The van der Waals surface area contributed by atoms with E-state index in [0.717, 1.165) is 10.9 Å². The average molecular weight is 423 g/mol. The monoisotopic (exact) mass is 423 g/mol. The molecule has 32 heavy (non-hydrogen) atoms. The fraction of sp³-hybridized carbons (Fsp3) is 0.125. The molecule has 1 amide bonds. The molecule has 8 heteroatoms. The molecule has 0 fully saturated rings. The summed E-state index contributed by atoms with van der Waals surface area (Å²) in [4.78, 5) is 26.0. The zero-order chi connectivity index (χ0) is 22.7. The Labute approximate surface area is 185 Å². The van der Waals surface area contributed by atoms with Crippen molar-refractivity contribution in [3.63, 3.8) is 0 Å². The number of nitriles is 1. The fourth-order valence-electron chi connectivity index (χ4n) is 3.69. The number of para-hydroxylation sites is 1. The van der Waals surface area contributed by atoms with Gasteiger partial charge in [0.1, 0.15) is 29.6 Å². The van der Waals surface area contributed by atoms with Gasteiger partial charge in [-0.1, -0.05) is 48.5 Å². The largest absolute Gasteiger partial charge is 0.382 e. The minimum absolute atomic E-state index is 0.0954. The van der Waals surface area contributed by atoms with Crippen molar-refractivity contribution in [3.8, 4) is 17.2 Å². The van der Waals surface area contributed by atoms with Crippen LogP contribution in [0, 0.1) is 11.3 Å². The quantitative estimate of drug-likeness (QED) is 0.446. The predicted molar refractivity (Wildman–Crippen MR) is 124 cm³/mol. The molecule has 0 saturated carbocycles. The van der Waals surface area contributed by atoms with Crippen LogP contribution in [0.2, 0.25) is 0 Å². The molecule has 0 bridgehead atoms. The number of nitrogens with zero attached hydrogens (tertiary/aromatic N) is 4. The van der Waals surface area contributed by atoms with E-state index in [1.54, 1.807) is 7.05 Å².